The van der Waals surface area contributed by atoms with Gasteiger partial charge in [0.2, 0.25) is 11.8 Å². The maximum absolute atomic E-state index is 14.4. The molecule has 0 radical (unpaired) electrons. The fourth-order valence-corrected chi connectivity index (χ4v) is 4.11. The van der Waals surface area contributed by atoms with Gasteiger partial charge in [0.05, 0.1) is 5.41 Å². The number of hydrogen-bond donors (Lipinski definition) is 1. The van der Waals surface area contributed by atoms with Crippen LogP contribution in [0.25, 0.3) is 11.1 Å². The van der Waals surface area contributed by atoms with E-state index in [0.717, 1.165) is 17.5 Å². The van der Waals surface area contributed by atoms with Crippen molar-refractivity contribution in [3.8, 4) is 11.1 Å². The van der Waals surface area contributed by atoms with Crippen molar-refractivity contribution in [1.29, 1.82) is 0 Å². The lowest BCUT2D eigenvalue weighted by atomic mass is 9.78. The molecule has 2 amide bonds. The third-order valence-electron chi connectivity index (χ3n) is 5.59. The van der Waals surface area contributed by atoms with Gasteiger partial charge in [-0.3, -0.25) is 9.59 Å². The smallest absolute Gasteiger partial charge is 0.228 e. The molecule has 0 spiro atoms. The SMILES string of the molecule is CCCC(=O)N1CCC(Cc2ccccc2-c2ccccc2F)(C(=O)NC)C1. The first-order chi connectivity index (χ1) is 13.5. The molecule has 1 fully saturated rings. The normalized spacial score (nSPS) is 18.9. The maximum atomic E-state index is 14.4. The van der Waals surface area contributed by atoms with E-state index >= 15 is 0 Å². The lowest BCUT2D eigenvalue weighted by Gasteiger charge is -2.28. The van der Waals surface area contributed by atoms with Gasteiger partial charge in [0, 0.05) is 32.1 Å². The first-order valence-corrected chi connectivity index (χ1v) is 9.83. The number of nitrogens with zero attached hydrogens (tertiary/aromatic N) is 1. The molecule has 0 saturated carbocycles. The Morgan fingerprint density at radius 1 is 1.11 bits per heavy atom. The van der Waals surface area contributed by atoms with Crippen LogP contribution >= 0.6 is 0 Å². The average Bonchev–Trinajstić information content (AvgIpc) is 3.14. The molecule has 4 nitrogen and oxygen atoms in total. The van der Waals surface area contributed by atoms with E-state index in [9.17, 15) is 14.0 Å². The zero-order chi connectivity index (χ0) is 20.1. The number of rotatable bonds is 6. The third kappa shape index (κ3) is 3.93. The topological polar surface area (TPSA) is 49.4 Å². The van der Waals surface area contributed by atoms with Crippen molar-refractivity contribution < 1.29 is 14.0 Å². The van der Waals surface area contributed by atoms with Crippen molar-refractivity contribution in [2.24, 2.45) is 5.41 Å². The van der Waals surface area contributed by atoms with E-state index < -0.39 is 5.41 Å². The van der Waals surface area contributed by atoms with Crippen LogP contribution in [0.2, 0.25) is 0 Å². The van der Waals surface area contributed by atoms with Gasteiger partial charge in [-0.05, 0) is 36.5 Å². The number of carbonyl (C=O) groups is 2. The van der Waals surface area contributed by atoms with Gasteiger partial charge < -0.3 is 10.2 Å². The highest BCUT2D eigenvalue weighted by molar-refractivity contribution is 5.86. The predicted molar refractivity (Wildman–Crippen MR) is 108 cm³/mol. The van der Waals surface area contributed by atoms with E-state index in [1.807, 2.05) is 37.3 Å². The summed E-state index contributed by atoms with van der Waals surface area (Å²) in [5.41, 5.74) is 1.55. The molecule has 28 heavy (non-hydrogen) atoms. The summed E-state index contributed by atoms with van der Waals surface area (Å²) in [7, 11) is 1.63. The second-order valence-electron chi connectivity index (χ2n) is 7.49. The van der Waals surface area contributed by atoms with Crippen LogP contribution in [0.4, 0.5) is 4.39 Å². The van der Waals surface area contributed by atoms with E-state index in [2.05, 4.69) is 5.32 Å². The predicted octanol–water partition coefficient (Wildman–Crippen LogP) is 3.80. The van der Waals surface area contributed by atoms with Crippen molar-refractivity contribution in [1.82, 2.24) is 10.2 Å². The van der Waals surface area contributed by atoms with Crippen molar-refractivity contribution in [2.75, 3.05) is 20.1 Å². The van der Waals surface area contributed by atoms with Gasteiger partial charge in [-0.15, -0.1) is 0 Å². The Morgan fingerprint density at radius 2 is 1.79 bits per heavy atom. The molecule has 0 bridgehead atoms. The Morgan fingerprint density at radius 3 is 2.46 bits per heavy atom. The first-order valence-electron chi connectivity index (χ1n) is 9.83. The van der Waals surface area contributed by atoms with Gasteiger partial charge in [0.1, 0.15) is 5.82 Å². The summed E-state index contributed by atoms with van der Waals surface area (Å²) in [4.78, 5) is 27.0. The molecular formula is C23H27FN2O2. The van der Waals surface area contributed by atoms with Crippen molar-refractivity contribution >= 4 is 11.8 Å². The quantitative estimate of drug-likeness (QED) is 0.826. The number of amides is 2. The minimum Gasteiger partial charge on any atom is -0.359 e. The molecule has 1 saturated heterocycles. The Balaban J connectivity index is 1.95. The molecule has 2 aromatic carbocycles. The van der Waals surface area contributed by atoms with Crippen molar-refractivity contribution in [3.63, 3.8) is 0 Å². The maximum Gasteiger partial charge on any atom is 0.228 e. The third-order valence-corrected chi connectivity index (χ3v) is 5.59. The molecular weight excluding hydrogens is 355 g/mol. The highest BCUT2D eigenvalue weighted by atomic mass is 19.1. The van der Waals surface area contributed by atoms with Crippen LogP contribution in [0.15, 0.2) is 48.5 Å². The summed E-state index contributed by atoms with van der Waals surface area (Å²) in [5, 5.41) is 2.78. The van der Waals surface area contributed by atoms with Crippen LogP contribution in [-0.2, 0) is 16.0 Å². The fourth-order valence-electron chi connectivity index (χ4n) is 4.11. The lowest BCUT2D eigenvalue weighted by Crippen LogP contribution is -2.44. The summed E-state index contributed by atoms with van der Waals surface area (Å²) in [5.74, 6) is -0.256. The second-order valence-corrected chi connectivity index (χ2v) is 7.49. The lowest BCUT2D eigenvalue weighted by molar-refractivity contribution is -0.133. The molecule has 0 aromatic heterocycles. The number of likely N-dealkylation sites (tertiary alicyclic amines) is 1. The van der Waals surface area contributed by atoms with Gasteiger partial charge >= 0.3 is 0 Å². The zero-order valence-corrected chi connectivity index (χ0v) is 16.5. The van der Waals surface area contributed by atoms with E-state index in [1.165, 1.54) is 6.07 Å². The molecule has 0 aliphatic carbocycles. The standard InChI is InChI=1S/C23H27FN2O2/c1-3-8-21(27)26-14-13-23(16-26,22(28)25-2)15-17-9-4-5-10-18(17)19-11-6-7-12-20(19)24/h4-7,9-12H,3,8,13-16H2,1-2H3,(H,25,28). The molecule has 1 heterocycles. The summed E-state index contributed by atoms with van der Waals surface area (Å²) in [6.07, 6.45) is 2.36. The van der Waals surface area contributed by atoms with Crippen molar-refractivity contribution in [2.45, 2.75) is 32.6 Å². The first kappa shape index (κ1) is 20.1. The number of carbonyl (C=O) groups excluding carboxylic acids is 2. The zero-order valence-electron chi connectivity index (χ0n) is 16.5. The van der Waals surface area contributed by atoms with Crippen LogP contribution in [0.3, 0.4) is 0 Å². The van der Waals surface area contributed by atoms with Crippen LogP contribution in [0.5, 0.6) is 0 Å². The Kier molecular flexibility index (Phi) is 6.12. The minimum absolute atomic E-state index is 0.0670. The molecule has 1 atom stereocenters. The Bertz CT molecular complexity index is 867. The van der Waals surface area contributed by atoms with Crippen LogP contribution in [0.1, 0.15) is 31.7 Å². The average molecular weight is 382 g/mol. The number of halogens is 1. The largest absolute Gasteiger partial charge is 0.359 e. The molecule has 1 aliphatic heterocycles. The Labute approximate surface area is 165 Å². The van der Waals surface area contributed by atoms with Gasteiger partial charge in [0.25, 0.3) is 0 Å². The van der Waals surface area contributed by atoms with Gasteiger partial charge in [-0.25, -0.2) is 4.39 Å². The van der Waals surface area contributed by atoms with Gasteiger partial charge in [-0.2, -0.15) is 0 Å². The summed E-state index contributed by atoms with van der Waals surface area (Å²) in [6, 6.07) is 14.3. The van der Waals surface area contributed by atoms with Crippen LogP contribution in [-0.4, -0.2) is 36.9 Å². The van der Waals surface area contributed by atoms with Gasteiger partial charge in [0.15, 0.2) is 0 Å². The molecule has 5 heteroatoms. The number of nitrogens with one attached hydrogen (secondary N) is 1. The molecule has 1 unspecified atom stereocenters. The van der Waals surface area contributed by atoms with Crippen LogP contribution in [0, 0.1) is 11.2 Å². The molecule has 3 rings (SSSR count). The summed E-state index contributed by atoms with van der Waals surface area (Å²) < 4.78 is 14.4. The molecule has 2 aromatic rings. The van der Waals surface area contributed by atoms with Crippen molar-refractivity contribution in [3.05, 3.63) is 59.9 Å². The number of hydrogen-bond acceptors (Lipinski definition) is 2. The number of benzene rings is 2. The molecule has 1 aliphatic rings. The monoisotopic (exact) mass is 382 g/mol. The Hall–Kier alpha value is -2.69. The van der Waals surface area contributed by atoms with Crippen LogP contribution < -0.4 is 5.32 Å². The van der Waals surface area contributed by atoms with E-state index in [1.54, 1.807) is 24.1 Å². The second kappa shape index (κ2) is 8.55. The molecule has 1 N–H and O–H groups in total. The van der Waals surface area contributed by atoms with E-state index in [0.29, 0.717) is 37.9 Å². The van der Waals surface area contributed by atoms with Gasteiger partial charge in [-0.1, -0.05) is 49.4 Å². The summed E-state index contributed by atoms with van der Waals surface area (Å²) in [6.45, 7) is 2.95. The fraction of sp³-hybridized carbons (Fsp3) is 0.391. The molecule has 148 valence electrons. The minimum atomic E-state index is -0.695. The summed E-state index contributed by atoms with van der Waals surface area (Å²) >= 11 is 0. The van der Waals surface area contributed by atoms with E-state index in [-0.39, 0.29) is 17.6 Å². The highest BCUT2D eigenvalue weighted by Gasteiger charge is 2.45. The van der Waals surface area contributed by atoms with E-state index in [4.69, 9.17) is 0 Å². The highest BCUT2D eigenvalue weighted by Crippen LogP contribution is 2.38.